The highest BCUT2D eigenvalue weighted by molar-refractivity contribution is 5.26. The Morgan fingerprint density at radius 1 is 1.00 bits per heavy atom. The predicted octanol–water partition coefficient (Wildman–Crippen LogP) is 3.12. The van der Waals surface area contributed by atoms with Gasteiger partial charge in [0.05, 0.1) is 5.60 Å². The molecule has 1 unspecified atom stereocenters. The Hall–Kier alpha value is -1.02. The van der Waals surface area contributed by atoms with E-state index in [1.165, 1.54) is 0 Å². The van der Waals surface area contributed by atoms with Gasteiger partial charge in [0.1, 0.15) is 5.75 Å². The first-order valence-corrected chi connectivity index (χ1v) is 5.73. The molecule has 0 saturated heterocycles. The van der Waals surface area contributed by atoms with E-state index in [0.717, 1.165) is 18.4 Å². The average Bonchev–Trinajstić information content (AvgIpc) is 2.15. The van der Waals surface area contributed by atoms with E-state index in [-0.39, 0.29) is 11.2 Å². The summed E-state index contributed by atoms with van der Waals surface area (Å²) in [5.74, 6) is 0.284. The summed E-state index contributed by atoms with van der Waals surface area (Å²) in [5, 5.41) is 19.5. The van der Waals surface area contributed by atoms with Crippen LogP contribution in [0.15, 0.2) is 24.3 Å². The summed E-state index contributed by atoms with van der Waals surface area (Å²) in [4.78, 5) is 0. The first-order chi connectivity index (χ1) is 7.22. The van der Waals surface area contributed by atoms with Gasteiger partial charge in [-0.1, -0.05) is 32.9 Å². The molecule has 1 aromatic carbocycles. The molecule has 0 fully saturated rings. The molecule has 0 radical (unpaired) electrons. The summed E-state index contributed by atoms with van der Waals surface area (Å²) in [7, 11) is 0. The Morgan fingerprint density at radius 2 is 1.50 bits per heavy atom. The van der Waals surface area contributed by atoms with Gasteiger partial charge in [0, 0.05) is 0 Å². The van der Waals surface area contributed by atoms with Crippen LogP contribution in [0.3, 0.4) is 0 Å². The minimum absolute atomic E-state index is 0.121. The van der Waals surface area contributed by atoms with Gasteiger partial charge in [0.25, 0.3) is 0 Å². The summed E-state index contributed by atoms with van der Waals surface area (Å²) in [6, 6.07) is 7.16. The van der Waals surface area contributed by atoms with Gasteiger partial charge in [-0.05, 0) is 42.9 Å². The topological polar surface area (TPSA) is 40.5 Å². The monoisotopic (exact) mass is 222 g/mol. The number of benzene rings is 1. The van der Waals surface area contributed by atoms with Crippen molar-refractivity contribution in [3.05, 3.63) is 29.8 Å². The molecule has 0 aliphatic heterocycles. The molecule has 90 valence electrons. The van der Waals surface area contributed by atoms with E-state index in [1.807, 2.05) is 39.8 Å². The number of aromatic hydroxyl groups is 1. The third-order valence-corrected chi connectivity index (χ3v) is 3.45. The fraction of sp³-hybridized carbons (Fsp3) is 0.571. The Morgan fingerprint density at radius 3 is 1.94 bits per heavy atom. The second-order valence-electron chi connectivity index (χ2n) is 5.69. The molecule has 16 heavy (non-hydrogen) atoms. The highest BCUT2D eigenvalue weighted by atomic mass is 16.3. The van der Waals surface area contributed by atoms with Gasteiger partial charge in [0.15, 0.2) is 0 Å². The fourth-order valence-corrected chi connectivity index (χ4v) is 1.43. The average molecular weight is 222 g/mol. The number of aryl methyl sites for hydroxylation is 1. The van der Waals surface area contributed by atoms with Crippen molar-refractivity contribution >= 4 is 0 Å². The third-order valence-electron chi connectivity index (χ3n) is 3.45. The summed E-state index contributed by atoms with van der Waals surface area (Å²) >= 11 is 0. The molecule has 0 saturated carbocycles. The van der Waals surface area contributed by atoms with Crippen molar-refractivity contribution in [1.82, 2.24) is 0 Å². The van der Waals surface area contributed by atoms with Crippen molar-refractivity contribution in [1.29, 1.82) is 0 Å². The SMILES string of the molecule is CC(C)(C)C(C)(O)CCc1ccc(O)cc1. The van der Waals surface area contributed by atoms with Gasteiger partial charge in [-0.25, -0.2) is 0 Å². The van der Waals surface area contributed by atoms with Crippen LogP contribution >= 0.6 is 0 Å². The zero-order valence-electron chi connectivity index (χ0n) is 10.6. The molecule has 0 spiro atoms. The van der Waals surface area contributed by atoms with E-state index in [9.17, 15) is 5.11 Å². The van der Waals surface area contributed by atoms with Crippen LogP contribution in [0.25, 0.3) is 0 Å². The molecule has 0 amide bonds. The molecule has 0 aliphatic carbocycles. The van der Waals surface area contributed by atoms with Crippen molar-refractivity contribution in [2.45, 2.75) is 46.1 Å². The van der Waals surface area contributed by atoms with Gasteiger partial charge in [-0.15, -0.1) is 0 Å². The van der Waals surface area contributed by atoms with E-state index in [0.29, 0.717) is 0 Å². The molecule has 1 atom stereocenters. The van der Waals surface area contributed by atoms with Crippen molar-refractivity contribution in [3.63, 3.8) is 0 Å². The quantitative estimate of drug-likeness (QED) is 0.825. The maximum atomic E-state index is 10.3. The molecule has 0 aliphatic rings. The zero-order chi connectivity index (χ0) is 12.4. The van der Waals surface area contributed by atoms with Crippen LogP contribution in [0.1, 0.15) is 39.7 Å². The predicted molar refractivity (Wildman–Crippen MR) is 66.5 cm³/mol. The molecule has 2 heteroatoms. The molecule has 2 N–H and O–H groups in total. The summed E-state index contributed by atoms with van der Waals surface area (Å²) in [6.07, 6.45) is 1.55. The summed E-state index contributed by atoms with van der Waals surface area (Å²) < 4.78 is 0. The molecule has 0 aromatic heterocycles. The van der Waals surface area contributed by atoms with Gasteiger partial charge in [0.2, 0.25) is 0 Å². The molecule has 1 rings (SSSR count). The lowest BCUT2D eigenvalue weighted by Gasteiger charge is -2.37. The van der Waals surface area contributed by atoms with Gasteiger partial charge >= 0.3 is 0 Å². The van der Waals surface area contributed by atoms with Crippen LogP contribution in [0.2, 0.25) is 0 Å². The van der Waals surface area contributed by atoms with Crippen LogP contribution in [0.4, 0.5) is 0 Å². The summed E-state index contributed by atoms with van der Waals surface area (Å²) in [6.45, 7) is 8.02. The Labute approximate surface area is 97.9 Å². The lowest BCUT2D eigenvalue weighted by Crippen LogP contribution is -2.40. The standard InChI is InChI=1S/C14H22O2/c1-13(2,3)14(4,16)10-9-11-5-7-12(15)8-6-11/h5-8,15-16H,9-10H2,1-4H3. The smallest absolute Gasteiger partial charge is 0.115 e. The first-order valence-electron chi connectivity index (χ1n) is 5.73. The van der Waals surface area contributed by atoms with Crippen LogP contribution in [-0.2, 0) is 6.42 Å². The van der Waals surface area contributed by atoms with Crippen LogP contribution in [0, 0.1) is 5.41 Å². The third kappa shape index (κ3) is 3.24. The van der Waals surface area contributed by atoms with Crippen molar-refractivity contribution in [3.8, 4) is 5.75 Å². The van der Waals surface area contributed by atoms with Crippen molar-refractivity contribution in [2.75, 3.05) is 0 Å². The number of rotatable bonds is 3. The normalized spacial score (nSPS) is 15.8. The number of hydrogen-bond donors (Lipinski definition) is 2. The van der Waals surface area contributed by atoms with Crippen molar-refractivity contribution < 1.29 is 10.2 Å². The van der Waals surface area contributed by atoms with Crippen molar-refractivity contribution in [2.24, 2.45) is 5.41 Å². The molecule has 0 bridgehead atoms. The van der Waals surface area contributed by atoms with Gasteiger partial charge in [-0.2, -0.15) is 0 Å². The van der Waals surface area contributed by atoms with E-state index in [4.69, 9.17) is 5.11 Å². The molecule has 0 heterocycles. The second kappa shape index (κ2) is 4.46. The molecular weight excluding hydrogens is 200 g/mol. The number of phenols is 1. The zero-order valence-corrected chi connectivity index (χ0v) is 10.6. The molecular formula is C14H22O2. The lowest BCUT2D eigenvalue weighted by molar-refractivity contribution is -0.0476. The minimum Gasteiger partial charge on any atom is -0.508 e. The highest BCUT2D eigenvalue weighted by Crippen LogP contribution is 2.33. The Bertz CT molecular complexity index is 331. The highest BCUT2D eigenvalue weighted by Gasteiger charge is 2.34. The van der Waals surface area contributed by atoms with Gasteiger partial charge < -0.3 is 10.2 Å². The Kier molecular flexibility index (Phi) is 3.64. The van der Waals surface area contributed by atoms with E-state index in [2.05, 4.69) is 0 Å². The maximum Gasteiger partial charge on any atom is 0.115 e. The molecule has 2 nitrogen and oxygen atoms in total. The number of hydrogen-bond acceptors (Lipinski definition) is 2. The first kappa shape index (κ1) is 13.0. The fourth-order valence-electron chi connectivity index (χ4n) is 1.43. The van der Waals surface area contributed by atoms with Crippen LogP contribution < -0.4 is 0 Å². The second-order valence-corrected chi connectivity index (χ2v) is 5.69. The van der Waals surface area contributed by atoms with Crippen LogP contribution in [0.5, 0.6) is 5.75 Å². The molecule has 1 aromatic rings. The van der Waals surface area contributed by atoms with Crippen LogP contribution in [-0.4, -0.2) is 15.8 Å². The van der Waals surface area contributed by atoms with E-state index < -0.39 is 5.60 Å². The number of phenolic OH excluding ortho intramolecular Hbond substituents is 1. The summed E-state index contributed by atoms with van der Waals surface area (Å²) in [5.41, 5.74) is 0.344. The maximum absolute atomic E-state index is 10.3. The Balaban J connectivity index is 2.61. The van der Waals surface area contributed by atoms with E-state index in [1.54, 1.807) is 12.1 Å². The van der Waals surface area contributed by atoms with E-state index >= 15 is 0 Å². The van der Waals surface area contributed by atoms with Gasteiger partial charge in [-0.3, -0.25) is 0 Å². The number of aliphatic hydroxyl groups is 1. The lowest BCUT2D eigenvalue weighted by atomic mass is 9.75. The minimum atomic E-state index is -0.676. The largest absolute Gasteiger partial charge is 0.508 e.